The number of nitrogens with one attached hydrogen (secondary N) is 2. The second-order valence-electron chi connectivity index (χ2n) is 6.88. The number of hydrogen-bond donors (Lipinski definition) is 2. The van der Waals surface area contributed by atoms with E-state index >= 15 is 0 Å². The molecule has 0 saturated carbocycles. The van der Waals surface area contributed by atoms with Gasteiger partial charge in [-0.3, -0.25) is 9.59 Å². The lowest BCUT2D eigenvalue weighted by Gasteiger charge is -2.24. The van der Waals surface area contributed by atoms with Crippen molar-refractivity contribution in [3.05, 3.63) is 89.6 Å². The zero-order valence-corrected chi connectivity index (χ0v) is 15.7. The van der Waals surface area contributed by atoms with E-state index in [1.807, 2.05) is 37.4 Å². The molecule has 0 bridgehead atoms. The van der Waals surface area contributed by atoms with Crippen molar-refractivity contribution in [1.82, 2.24) is 15.1 Å². The Balaban J connectivity index is 1.62. The number of nitrogens with zero attached hydrogens (tertiary/aromatic N) is 2. The minimum Gasteiger partial charge on any atom is -0.332 e. The van der Waals surface area contributed by atoms with Gasteiger partial charge < -0.3 is 10.6 Å². The fraction of sp³-hybridized carbons (Fsp3) is 0.136. The molecule has 2 heterocycles. The zero-order valence-electron chi connectivity index (χ0n) is 15.7. The molecule has 6 nitrogen and oxygen atoms in total. The van der Waals surface area contributed by atoms with Gasteiger partial charge in [-0.05, 0) is 48.4 Å². The second kappa shape index (κ2) is 7.71. The maximum absolute atomic E-state index is 13.3. The maximum Gasteiger partial charge on any atom is 0.253 e. The fourth-order valence-electron chi connectivity index (χ4n) is 3.33. The number of hydrogen-bond acceptors (Lipinski definition) is 3. The Morgan fingerprint density at radius 3 is 2.76 bits per heavy atom. The highest BCUT2D eigenvalue weighted by Gasteiger charge is 2.29. The number of aromatic nitrogens is 2. The molecule has 29 heavy (non-hydrogen) atoms. The largest absolute Gasteiger partial charge is 0.332 e. The molecule has 0 radical (unpaired) electrons. The van der Waals surface area contributed by atoms with E-state index in [-0.39, 0.29) is 24.1 Å². The Bertz CT molecular complexity index is 1090. The summed E-state index contributed by atoms with van der Waals surface area (Å²) < 4.78 is 15.0. The average molecular weight is 390 g/mol. The van der Waals surface area contributed by atoms with Gasteiger partial charge >= 0.3 is 0 Å². The highest BCUT2D eigenvalue weighted by Crippen LogP contribution is 2.31. The summed E-state index contributed by atoms with van der Waals surface area (Å²) >= 11 is 0. The normalized spacial score (nSPS) is 16.1. The smallest absolute Gasteiger partial charge is 0.253 e. The number of halogens is 1. The highest BCUT2D eigenvalue weighted by atomic mass is 19.1. The molecule has 3 aromatic rings. The fourth-order valence-corrected chi connectivity index (χ4v) is 3.33. The van der Waals surface area contributed by atoms with Gasteiger partial charge in [0.2, 0.25) is 5.91 Å². The lowest BCUT2D eigenvalue weighted by molar-refractivity contribution is -0.121. The molecule has 1 aliphatic heterocycles. The summed E-state index contributed by atoms with van der Waals surface area (Å²) in [5.41, 5.74) is 3.49. The molecule has 2 N–H and O–H groups in total. The first-order valence-electron chi connectivity index (χ1n) is 9.18. The molecule has 1 unspecified atom stereocenters. The summed E-state index contributed by atoms with van der Waals surface area (Å²) in [5.74, 6) is -1.32. The van der Waals surface area contributed by atoms with Crippen LogP contribution in [0.4, 0.5) is 10.1 Å². The Labute approximate surface area is 167 Å². The van der Waals surface area contributed by atoms with Crippen LogP contribution in [-0.2, 0) is 9.59 Å². The third-order valence-corrected chi connectivity index (χ3v) is 4.93. The van der Waals surface area contributed by atoms with Gasteiger partial charge in [0.15, 0.2) is 0 Å². The molecule has 2 amide bonds. The van der Waals surface area contributed by atoms with Gasteiger partial charge in [0, 0.05) is 42.2 Å². The molecular formula is C22H19FN4O2. The molecule has 0 aliphatic carbocycles. The van der Waals surface area contributed by atoms with Crippen LogP contribution < -0.4 is 10.6 Å². The van der Waals surface area contributed by atoms with Gasteiger partial charge in [0.05, 0.1) is 5.69 Å². The molecule has 0 fully saturated rings. The first kappa shape index (κ1) is 18.6. The molecule has 0 saturated heterocycles. The van der Waals surface area contributed by atoms with Gasteiger partial charge in [-0.25, -0.2) is 9.07 Å². The minimum absolute atomic E-state index is 0.122. The molecule has 2 aromatic carbocycles. The van der Waals surface area contributed by atoms with Crippen LogP contribution in [0.1, 0.15) is 23.5 Å². The number of carbonyl (C=O) groups is 2. The summed E-state index contributed by atoms with van der Waals surface area (Å²) in [6.45, 7) is 1.90. The first-order chi connectivity index (χ1) is 14.0. The molecule has 4 rings (SSSR count). The Hall–Kier alpha value is -3.74. The summed E-state index contributed by atoms with van der Waals surface area (Å²) in [6, 6.07) is 13.3. The number of amides is 2. The third-order valence-electron chi connectivity index (χ3n) is 4.93. The molecular weight excluding hydrogens is 371 g/mol. The first-order valence-corrected chi connectivity index (χ1v) is 9.18. The monoisotopic (exact) mass is 390 g/mol. The van der Waals surface area contributed by atoms with Crippen molar-refractivity contribution in [2.45, 2.75) is 19.3 Å². The van der Waals surface area contributed by atoms with E-state index < -0.39 is 5.92 Å². The van der Waals surface area contributed by atoms with Crippen LogP contribution >= 0.6 is 0 Å². The number of anilines is 1. The van der Waals surface area contributed by atoms with Crippen molar-refractivity contribution in [3.63, 3.8) is 0 Å². The molecule has 1 aromatic heterocycles. The number of rotatable bonds is 4. The topological polar surface area (TPSA) is 76.0 Å². The van der Waals surface area contributed by atoms with Crippen molar-refractivity contribution >= 4 is 17.5 Å². The van der Waals surface area contributed by atoms with Crippen LogP contribution in [0, 0.1) is 12.7 Å². The summed E-state index contributed by atoms with van der Waals surface area (Å²) in [4.78, 5) is 24.9. The van der Waals surface area contributed by atoms with Crippen LogP contribution in [-0.4, -0.2) is 21.6 Å². The predicted molar refractivity (Wildman–Crippen MR) is 107 cm³/mol. The lowest BCUT2D eigenvalue weighted by atomic mass is 9.86. The summed E-state index contributed by atoms with van der Waals surface area (Å²) in [5, 5.41) is 9.75. The summed E-state index contributed by atoms with van der Waals surface area (Å²) in [7, 11) is 0. The van der Waals surface area contributed by atoms with Crippen molar-refractivity contribution in [3.8, 4) is 5.69 Å². The van der Waals surface area contributed by atoms with Gasteiger partial charge in [-0.15, -0.1) is 0 Å². The molecule has 7 heteroatoms. The van der Waals surface area contributed by atoms with Crippen molar-refractivity contribution in [2.75, 3.05) is 5.32 Å². The SMILES string of the molecule is Cc1ccc(-n2cccn2)cc1NC(=O)C1=CNC(=O)CC1c1ccc(F)cc1. The maximum atomic E-state index is 13.3. The molecule has 146 valence electrons. The summed E-state index contributed by atoms with van der Waals surface area (Å²) in [6.07, 6.45) is 5.06. The van der Waals surface area contributed by atoms with Crippen LogP contribution in [0.15, 0.2) is 72.7 Å². The number of benzene rings is 2. The standard InChI is InChI=1S/C22H19FN4O2/c1-14-3-8-17(27-10-2-9-25-27)11-20(14)26-22(29)19-13-24-21(28)12-18(19)15-4-6-16(23)7-5-15/h2-11,13,18H,12H2,1H3,(H,24,28)(H,26,29). The van der Waals surface area contributed by atoms with Crippen LogP contribution in [0.3, 0.4) is 0 Å². The van der Waals surface area contributed by atoms with Gasteiger partial charge in [0.1, 0.15) is 5.82 Å². The molecule has 0 spiro atoms. The van der Waals surface area contributed by atoms with Gasteiger partial charge in [0.25, 0.3) is 5.91 Å². The minimum atomic E-state index is -0.445. The molecule has 1 atom stereocenters. The number of aryl methyl sites for hydroxylation is 1. The Kier molecular flexibility index (Phi) is 4.95. The van der Waals surface area contributed by atoms with Crippen LogP contribution in [0.5, 0.6) is 0 Å². The Morgan fingerprint density at radius 2 is 2.03 bits per heavy atom. The van der Waals surface area contributed by atoms with Crippen molar-refractivity contribution < 1.29 is 14.0 Å². The second-order valence-corrected chi connectivity index (χ2v) is 6.88. The van der Waals surface area contributed by atoms with Gasteiger partial charge in [-0.1, -0.05) is 18.2 Å². The van der Waals surface area contributed by atoms with Crippen molar-refractivity contribution in [1.29, 1.82) is 0 Å². The quantitative estimate of drug-likeness (QED) is 0.717. The third kappa shape index (κ3) is 3.94. The van der Waals surface area contributed by atoms with E-state index in [9.17, 15) is 14.0 Å². The van der Waals surface area contributed by atoms with E-state index in [4.69, 9.17) is 0 Å². The van der Waals surface area contributed by atoms with Crippen LogP contribution in [0.25, 0.3) is 5.69 Å². The highest BCUT2D eigenvalue weighted by molar-refractivity contribution is 6.06. The molecule has 1 aliphatic rings. The van der Waals surface area contributed by atoms with E-state index in [1.165, 1.54) is 18.3 Å². The van der Waals surface area contributed by atoms with E-state index in [0.717, 1.165) is 11.3 Å². The van der Waals surface area contributed by atoms with E-state index in [1.54, 1.807) is 23.0 Å². The van der Waals surface area contributed by atoms with E-state index in [2.05, 4.69) is 15.7 Å². The van der Waals surface area contributed by atoms with Gasteiger partial charge in [-0.2, -0.15) is 5.10 Å². The number of carbonyl (C=O) groups excluding carboxylic acids is 2. The lowest BCUT2D eigenvalue weighted by Crippen LogP contribution is -2.32. The Morgan fingerprint density at radius 1 is 1.24 bits per heavy atom. The zero-order chi connectivity index (χ0) is 20.4. The van der Waals surface area contributed by atoms with E-state index in [0.29, 0.717) is 16.8 Å². The predicted octanol–water partition coefficient (Wildman–Crippen LogP) is 3.45. The van der Waals surface area contributed by atoms with Crippen LogP contribution in [0.2, 0.25) is 0 Å². The van der Waals surface area contributed by atoms with Crippen molar-refractivity contribution in [2.24, 2.45) is 0 Å². The average Bonchev–Trinajstić information content (AvgIpc) is 3.25.